The summed E-state index contributed by atoms with van der Waals surface area (Å²) in [6.45, 7) is 0. The van der Waals surface area contributed by atoms with E-state index in [1.54, 1.807) is 12.1 Å². The molecule has 2 rings (SSSR count). The molecule has 0 aliphatic heterocycles. The molecule has 0 aliphatic rings. The predicted molar refractivity (Wildman–Crippen MR) is 38.8 cm³/mol. The molecule has 0 bridgehead atoms. The number of pyridine rings is 1. The van der Waals surface area contributed by atoms with Crippen molar-refractivity contribution in [2.45, 2.75) is 6.43 Å². The van der Waals surface area contributed by atoms with Crippen LogP contribution in [0.4, 0.5) is 8.78 Å². The Morgan fingerprint density at radius 3 is 3.00 bits per heavy atom. The first-order valence-corrected chi connectivity index (χ1v) is 3.36. The number of nitrogens with zero attached hydrogens (tertiary/aromatic N) is 2. The first-order valence-electron chi connectivity index (χ1n) is 3.36. The highest BCUT2D eigenvalue weighted by molar-refractivity contribution is 5.76. The zero-order valence-electron chi connectivity index (χ0n) is 5.96. The Morgan fingerprint density at radius 2 is 2.25 bits per heavy atom. The molecule has 62 valence electrons. The van der Waals surface area contributed by atoms with E-state index < -0.39 is 6.43 Å². The van der Waals surface area contributed by atoms with Crippen molar-refractivity contribution in [2.24, 2.45) is 0 Å². The zero-order chi connectivity index (χ0) is 8.55. The number of rotatable bonds is 1. The lowest BCUT2D eigenvalue weighted by molar-refractivity contribution is 0.147. The zero-order valence-corrected chi connectivity index (χ0v) is 5.96. The summed E-state index contributed by atoms with van der Waals surface area (Å²) in [5.74, 6) is 0. The van der Waals surface area contributed by atoms with Crippen LogP contribution >= 0.6 is 0 Å². The van der Waals surface area contributed by atoms with Gasteiger partial charge < -0.3 is 0 Å². The maximum atomic E-state index is 12.2. The van der Waals surface area contributed by atoms with Crippen molar-refractivity contribution in [2.75, 3.05) is 0 Å². The van der Waals surface area contributed by atoms with Gasteiger partial charge in [0, 0.05) is 6.20 Å². The van der Waals surface area contributed by atoms with E-state index in [0.717, 1.165) is 0 Å². The van der Waals surface area contributed by atoms with Crippen LogP contribution in [-0.2, 0) is 0 Å². The molecule has 0 saturated heterocycles. The summed E-state index contributed by atoms with van der Waals surface area (Å²) in [6.07, 6.45) is -1.09. The lowest BCUT2D eigenvalue weighted by atomic mass is 10.3. The van der Waals surface area contributed by atoms with Crippen LogP contribution in [-0.4, -0.2) is 15.2 Å². The molecule has 2 aromatic heterocycles. The van der Waals surface area contributed by atoms with Crippen LogP contribution in [0.15, 0.2) is 18.3 Å². The van der Waals surface area contributed by atoms with Gasteiger partial charge in [0.2, 0.25) is 0 Å². The Kier molecular flexibility index (Phi) is 1.49. The molecule has 5 heteroatoms. The third-order valence-corrected chi connectivity index (χ3v) is 1.56. The normalized spacial score (nSPS) is 11.2. The Bertz CT molecular complexity index is 396. The highest BCUT2D eigenvalue weighted by Gasteiger charge is 2.14. The van der Waals surface area contributed by atoms with Gasteiger partial charge >= 0.3 is 0 Å². The van der Waals surface area contributed by atoms with E-state index in [1.807, 2.05) is 0 Å². The second kappa shape index (κ2) is 2.51. The van der Waals surface area contributed by atoms with Crippen LogP contribution in [0.5, 0.6) is 0 Å². The van der Waals surface area contributed by atoms with Crippen LogP contribution in [0.25, 0.3) is 11.0 Å². The number of alkyl halides is 2. The monoisotopic (exact) mass is 169 g/mol. The second-order valence-corrected chi connectivity index (χ2v) is 2.31. The minimum atomic E-state index is -2.55. The van der Waals surface area contributed by atoms with Gasteiger partial charge in [0.05, 0.1) is 0 Å². The fraction of sp³-hybridized carbons (Fsp3) is 0.143. The number of hydrogen-bond donors (Lipinski definition) is 1. The van der Waals surface area contributed by atoms with Gasteiger partial charge in [0.15, 0.2) is 0 Å². The molecule has 3 nitrogen and oxygen atoms in total. The number of hydrogen-bond acceptors (Lipinski definition) is 2. The molecule has 2 aromatic rings. The van der Waals surface area contributed by atoms with Crippen LogP contribution < -0.4 is 0 Å². The number of aromatic nitrogens is 3. The highest BCUT2D eigenvalue weighted by Crippen LogP contribution is 2.22. The van der Waals surface area contributed by atoms with Gasteiger partial charge in [-0.2, -0.15) is 5.10 Å². The topological polar surface area (TPSA) is 41.6 Å². The van der Waals surface area contributed by atoms with E-state index in [2.05, 4.69) is 15.2 Å². The van der Waals surface area contributed by atoms with Crippen molar-refractivity contribution in [3.63, 3.8) is 0 Å². The van der Waals surface area contributed by atoms with E-state index in [1.165, 1.54) is 6.20 Å². The third kappa shape index (κ3) is 0.939. The van der Waals surface area contributed by atoms with Crippen LogP contribution in [0.2, 0.25) is 0 Å². The molecular weight excluding hydrogens is 164 g/mol. The van der Waals surface area contributed by atoms with Crippen molar-refractivity contribution >= 4 is 11.0 Å². The Hall–Kier alpha value is -1.52. The van der Waals surface area contributed by atoms with E-state index >= 15 is 0 Å². The molecule has 12 heavy (non-hydrogen) atoms. The maximum Gasteiger partial charge on any atom is 0.281 e. The van der Waals surface area contributed by atoms with Crippen molar-refractivity contribution < 1.29 is 8.78 Å². The molecule has 0 amide bonds. The summed E-state index contributed by atoms with van der Waals surface area (Å²) in [7, 11) is 0. The van der Waals surface area contributed by atoms with E-state index in [-0.39, 0.29) is 11.2 Å². The first-order chi connectivity index (χ1) is 5.79. The van der Waals surface area contributed by atoms with Gasteiger partial charge in [-0.25, -0.2) is 8.78 Å². The molecular formula is C7H5F2N3. The number of fused-ring (bicyclic) bond motifs is 1. The quantitative estimate of drug-likeness (QED) is 0.708. The lowest BCUT2D eigenvalue weighted by Crippen LogP contribution is -1.85. The molecule has 0 radical (unpaired) electrons. The minimum Gasteiger partial charge on any atom is -0.274 e. The molecule has 0 atom stereocenters. The molecule has 1 N–H and O–H groups in total. The van der Waals surface area contributed by atoms with E-state index in [4.69, 9.17) is 0 Å². The number of halogens is 2. The summed E-state index contributed by atoms with van der Waals surface area (Å²) in [4.78, 5) is 3.79. The Morgan fingerprint density at radius 1 is 1.42 bits per heavy atom. The van der Waals surface area contributed by atoms with E-state index in [9.17, 15) is 8.78 Å². The van der Waals surface area contributed by atoms with Gasteiger partial charge in [-0.15, -0.1) is 0 Å². The fourth-order valence-corrected chi connectivity index (χ4v) is 1.02. The van der Waals surface area contributed by atoms with Crippen molar-refractivity contribution in [3.05, 3.63) is 24.0 Å². The number of aromatic amines is 1. The van der Waals surface area contributed by atoms with Crippen molar-refractivity contribution in [1.82, 2.24) is 15.2 Å². The van der Waals surface area contributed by atoms with E-state index in [0.29, 0.717) is 5.52 Å². The summed E-state index contributed by atoms with van der Waals surface area (Å²) < 4.78 is 24.4. The van der Waals surface area contributed by atoms with Gasteiger partial charge in [-0.1, -0.05) is 0 Å². The molecule has 0 saturated carbocycles. The third-order valence-electron chi connectivity index (χ3n) is 1.56. The highest BCUT2D eigenvalue weighted by atomic mass is 19.3. The first kappa shape index (κ1) is 7.15. The van der Waals surface area contributed by atoms with Gasteiger partial charge in [0.1, 0.15) is 16.7 Å². The number of H-pyrrole nitrogens is 1. The maximum absolute atomic E-state index is 12.2. The average Bonchev–Trinajstić information content (AvgIpc) is 2.47. The Balaban J connectivity index is 2.70. The summed E-state index contributed by atoms with van der Waals surface area (Å²) in [5, 5.41) is 5.92. The average molecular weight is 169 g/mol. The molecule has 0 aromatic carbocycles. The van der Waals surface area contributed by atoms with Crippen molar-refractivity contribution in [3.8, 4) is 0 Å². The molecule has 0 unspecified atom stereocenters. The lowest BCUT2D eigenvalue weighted by Gasteiger charge is -1.92. The van der Waals surface area contributed by atoms with Gasteiger partial charge in [0.25, 0.3) is 6.43 Å². The summed E-state index contributed by atoms with van der Waals surface area (Å²) >= 11 is 0. The van der Waals surface area contributed by atoms with Crippen LogP contribution in [0, 0.1) is 0 Å². The molecule has 0 fully saturated rings. The summed E-state index contributed by atoms with van der Waals surface area (Å²) in [5.41, 5.74) is 0.492. The van der Waals surface area contributed by atoms with Crippen molar-refractivity contribution in [1.29, 1.82) is 0 Å². The molecule has 0 spiro atoms. The van der Waals surface area contributed by atoms with Crippen LogP contribution in [0.3, 0.4) is 0 Å². The predicted octanol–water partition coefficient (Wildman–Crippen LogP) is 1.90. The fourth-order valence-electron chi connectivity index (χ4n) is 1.02. The van der Waals surface area contributed by atoms with Gasteiger partial charge in [-0.3, -0.25) is 10.1 Å². The summed E-state index contributed by atoms with van der Waals surface area (Å²) in [6, 6.07) is 3.28. The smallest absolute Gasteiger partial charge is 0.274 e. The second-order valence-electron chi connectivity index (χ2n) is 2.31. The van der Waals surface area contributed by atoms with Crippen LogP contribution in [0.1, 0.15) is 12.1 Å². The number of nitrogens with one attached hydrogen (secondary N) is 1. The Labute approximate surface area is 66.4 Å². The standard InChI is InChI=1S/C7H5F2N3/c8-7(9)6-5-4(11-12-6)2-1-3-10-5/h1-3,7H,(H,11,12). The largest absolute Gasteiger partial charge is 0.281 e. The SMILES string of the molecule is FC(F)c1[nH]nc2cccnc12. The van der Waals surface area contributed by atoms with Gasteiger partial charge in [-0.05, 0) is 12.1 Å². The molecule has 0 aliphatic carbocycles. The molecule has 2 heterocycles. The minimum absolute atomic E-state index is 0.217.